The summed E-state index contributed by atoms with van der Waals surface area (Å²) in [6, 6.07) is 11.0. The third-order valence-corrected chi connectivity index (χ3v) is 6.20. The van der Waals surface area contributed by atoms with Crippen molar-refractivity contribution in [3.8, 4) is 0 Å². The van der Waals surface area contributed by atoms with E-state index in [0.717, 1.165) is 31.0 Å². The summed E-state index contributed by atoms with van der Waals surface area (Å²) in [6.45, 7) is 1.13. The molecular formula is C24H27F2N3O2. The number of likely N-dealkylation sites (N-methyl/N-ethyl adjacent to an activating group) is 1. The minimum absolute atomic E-state index is 0.0350. The Morgan fingerprint density at radius 3 is 2.35 bits per heavy atom. The van der Waals surface area contributed by atoms with E-state index in [-0.39, 0.29) is 29.5 Å². The van der Waals surface area contributed by atoms with Crippen LogP contribution < -0.4 is 10.6 Å². The molecule has 0 saturated carbocycles. The Bertz CT molecular complexity index is 956. The molecule has 0 aromatic heterocycles. The molecule has 1 aliphatic heterocycles. The Morgan fingerprint density at radius 1 is 0.935 bits per heavy atom. The van der Waals surface area contributed by atoms with Gasteiger partial charge >= 0.3 is 0 Å². The molecule has 1 heterocycles. The number of nitrogens with zero attached hydrogens (tertiary/aromatic N) is 1. The van der Waals surface area contributed by atoms with E-state index in [1.807, 2.05) is 24.1 Å². The summed E-state index contributed by atoms with van der Waals surface area (Å²) in [6.07, 6.45) is 2.91. The Balaban J connectivity index is 1.33. The van der Waals surface area contributed by atoms with E-state index in [4.69, 9.17) is 0 Å². The van der Waals surface area contributed by atoms with Gasteiger partial charge in [-0.15, -0.1) is 0 Å². The van der Waals surface area contributed by atoms with Crippen LogP contribution in [0.15, 0.2) is 42.5 Å². The van der Waals surface area contributed by atoms with Gasteiger partial charge in [0.05, 0.1) is 11.5 Å². The van der Waals surface area contributed by atoms with Crippen LogP contribution >= 0.6 is 0 Å². The summed E-state index contributed by atoms with van der Waals surface area (Å²) < 4.78 is 27.3. The Kier molecular flexibility index (Phi) is 6.32. The van der Waals surface area contributed by atoms with Crippen molar-refractivity contribution in [2.45, 2.75) is 37.8 Å². The van der Waals surface area contributed by atoms with Crippen LogP contribution in [0.3, 0.4) is 0 Å². The van der Waals surface area contributed by atoms with Crippen LogP contribution in [0.4, 0.5) is 8.78 Å². The number of nitrogens with one attached hydrogen (secondary N) is 2. The van der Waals surface area contributed by atoms with Crippen molar-refractivity contribution in [3.63, 3.8) is 0 Å². The van der Waals surface area contributed by atoms with Gasteiger partial charge in [-0.25, -0.2) is 8.78 Å². The number of halogens is 2. The summed E-state index contributed by atoms with van der Waals surface area (Å²) >= 11 is 0. The quantitative estimate of drug-likeness (QED) is 0.789. The highest BCUT2D eigenvalue weighted by Crippen LogP contribution is 2.23. The van der Waals surface area contributed by atoms with Crippen molar-refractivity contribution in [2.75, 3.05) is 20.1 Å². The average Bonchev–Trinajstić information content (AvgIpc) is 3.04. The maximum Gasteiger partial charge on any atom is 0.254 e. The predicted octanol–water partition coefficient (Wildman–Crippen LogP) is 2.69. The van der Waals surface area contributed by atoms with Gasteiger partial charge in [-0.3, -0.25) is 9.59 Å². The smallest absolute Gasteiger partial charge is 0.254 e. The number of carbonyl (C=O) groups excluding carboxylic acids is 2. The van der Waals surface area contributed by atoms with Gasteiger partial charge in [0, 0.05) is 25.2 Å². The lowest BCUT2D eigenvalue weighted by atomic mass is 10.00. The molecule has 7 heteroatoms. The van der Waals surface area contributed by atoms with Gasteiger partial charge in [-0.2, -0.15) is 0 Å². The zero-order chi connectivity index (χ0) is 22.0. The van der Waals surface area contributed by atoms with Crippen LogP contribution in [0.25, 0.3) is 0 Å². The van der Waals surface area contributed by atoms with E-state index in [1.165, 1.54) is 11.1 Å². The van der Waals surface area contributed by atoms with Crippen molar-refractivity contribution < 1.29 is 18.4 Å². The van der Waals surface area contributed by atoms with Crippen LogP contribution in [-0.2, 0) is 17.6 Å². The maximum absolute atomic E-state index is 13.9. The van der Waals surface area contributed by atoms with Crippen molar-refractivity contribution in [1.29, 1.82) is 0 Å². The first-order valence-electron chi connectivity index (χ1n) is 10.7. The van der Waals surface area contributed by atoms with Gasteiger partial charge in [0.2, 0.25) is 5.91 Å². The minimum atomic E-state index is -0.754. The van der Waals surface area contributed by atoms with Gasteiger partial charge in [0.15, 0.2) is 0 Å². The third-order valence-electron chi connectivity index (χ3n) is 6.20. The SMILES string of the molecule is CN1C[C@@H](NC(=O)c2cc(F)ccc2F)CC[C@@H](C(=O)NC2Cc3ccccc3C2)C1. The summed E-state index contributed by atoms with van der Waals surface area (Å²) in [5.41, 5.74) is 2.28. The zero-order valence-electron chi connectivity index (χ0n) is 17.5. The molecule has 2 atom stereocenters. The predicted molar refractivity (Wildman–Crippen MR) is 114 cm³/mol. The van der Waals surface area contributed by atoms with E-state index in [0.29, 0.717) is 25.9 Å². The van der Waals surface area contributed by atoms with E-state index >= 15 is 0 Å². The van der Waals surface area contributed by atoms with E-state index in [2.05, 4.69) is 22.8 Å². The number of amides is 2. The molecule has 164 valence electrons. The minimum Gasteiger partial charge on any atom is -0.352 e. The molecule has 1 saturated heterocycles. The van der Waals surface area contributed by atoms with E-state index < -0.39 is 17.5 Å². The number of carbonyl (C=O) groups is 2. The first-order valence-corrected chi connectivity index (χ1v) is 10.7. The number of rotatable bonds is 4. The summed E-state index contributed by atoms with van der Waals surface area (Å²) in [5, 5.41) is 5.99. The van der Waals surface area contributed by atoms with Crippen LogP contribution in [0.2, 0.25) is 0 Å². The fraction of sp³-hybridized carbons (Fsp3) is 0.417. The molecule has 1 fully saturated rings. The van der Waals surface area contributed by atoms with Crippen LogP contribution in [0.5, 0.6) is 0 Å². The molecule has 2 aliphatic rings. The highest BCUT2D eigenvalue weighted by atomic mass is 19.1. The second-order valence-electron chi connectivity index (χ2n) is 8.67. The Labute approximate surface area is 180 Å². The number of hydrogen-bond acceptors (Lipinski definition) is 3. The van der Waals surface area contributed by atoms with Gasteiger partial charge in [-0.05, 0) is 62.1 Å². The fourth-order valence-electron chi connectivity index (χ4n) is 4.66. The van der Waals surface area contributed by atoms with Gasteiger partial charge in [0.25, 0.3) is 5.91 Å². The first kappa shape index (κ1) is 21.4. The summed E-state index contributed by atoms with van der Waals surface area (Å²) in [5.74, 6) is -2.19. The largest absolute Gasteiger partial charge is 0.352 e. The first-order chi connectivity index (χ1) is 14.9. The number of likely N-dealkylation sites (tertiary alicyclic amines) is 1. The van der Waals surface area contributed by atoms with Gasteiger partial charge in [-0.1, -0.05) is 24.3 Å². The van der Waals surface area contributed by atoms with Crippen molar-refractivity contribution in [3.05, 3.63) is 70.8 Å². The monoisotopic (exact) mass is 427 g/mol. The number of hydrogen-bond donors (Lipinski definition) is 2. The lowest BCUT2D eigenvalue weighted by molar-refractivity contribution is -0.126. The lowest BCUT2D eigenvalue weighted by Gasteiger charge is -2.22. The standard InChI is InChI=1S/C24H27F2N3O2/c1-29-13-17(23(30)28-20-10-15-4-2-3-5-16(15)11-20)6-8-19(14-29)27-24(31)21-12-18(25)7-9-22(21)26/h2-5,7,9,12,17,19-20H,6,8,10-11,13-14H2,1H3,(H,27,31)(H,28,30)/t17-,19+/m1/s1. The second kappa shape index (κ2) is 9.14. The molecule has 0 bridgehead atoms. The van der Waals surface area contributed by atoms with Crippen LogP contribution in [-0.4, -0.2) is 48.9 Å². The molecule has 0 radical (unpaired) electrons. The molecule has 5 nitrogen and oxygen atoms in total. The second-order valence-corrected chi connectivity index (χ2v) is 8.67. The molecule has 4 rings (SSSR count). The molecule has 0 unspecified atom stereocenters. The van der Waals surface area contributed by atoms with E-state index in [1.54, 1.807) is 0 Å². The molecule has 0 spiro atoms. The van der Waals surface area contributed by atoms with Crippen molar-refractivity contribution in [2.24, 2.45) is 5.92 Å². The maximum atomic E-state index is 13.9. The Morgan fingerprint density at radius 2 is 1.65 bits per heavy atom. The molecule has 31 heavy (non-hydrogen) atoms. The topological polar surface area (TPSA) is 61.4 Å². The molecule has 2 N–H and O–H groups in total. The average molecular weight is 427 g/mol. The van der Waals surface area contributed by atoms with Crippen LogP contribution in [0, 0.1) is 17.6 Å². The molecule has 2 aromatic rings. The normalized spacial score (nSPS) is 21.9. The molecule has 1 aliphatic carbocycles. The van der Waals surface area contributed by atoms with Crippen molar-refractivity contribution in [1.82, 2.24) is 15.5 Å². The van der Waals surface area contributed by atoms with Crippen molar-refractivity contribution >= 4 is 11.8 Å². The van der Waals surface area contributed by atoms with E-state index in [9.17, 15) is 18.4 Å². The molecule has 2 amide bonds. The van der Waals surface area contributed by atoms with Crippen LogP contribution in [0.1, 0.15) is 34.3 Å². The highest BCUT2D eigenvalue weighted by molar-refractivity contribution is 5.94. The zero-order valence-corrected chi connectivity index (χ0v) is 17.5. The molecular weight excluding hydrogens is 400 g/mol. The lowest BCUT2D eigenvalue weighted by Crippen LogP contribution is -2.43. The number of benzene rings is 2. The van der Waals surface area contributed by atoms with Gasteiger partial charge in [0.1, 0.15) is 11.6 Å². The number of fused-ring (bicyclic) bond motifs is 1. The summed E-state index contributed by atoms with van der Waals surface area (Å²) in [7, 11) is 1.90. The highest BCUT2D eigenvalue weighted by Gasteiger charge is 2.30. The fourth-order valence-corrected chi connectivity index (χ4v) is 4.66. The third kappa shape index (κ3) is 5.10. The molecule has 2 aromatic carbocycles. The van der Waals surface area contributed by atoms with Gasteiger partial charge < -0.3 is 15.5 Å². The summed E-state index contributed by atoms with van der Waals surface area (Å²) in [4.78, 5) is 27.4. The Hall–Kier alpha value is -2.80.